The number of rotatable bonds is 7. The number of imidazole rings is 1. The van der Waals surface area contributed by atoms with Gasteiger partial charge in [0.25, 0.3) is 0 Å². The van der Waals surface area contributed by atoms with Crippen molar-refractivity contribution in [1.29, 1.82) is 5.41 Å². The molecule has 3 heterocycles. The molecule has 4 rings (SSSR count). The number of fused-ring (bicyclic) bond motifs is 2. The van der Waals surface area contributed by atoms with Crippen molar-refractivity contribution in [1.82, 2.24) is 19.4 Å². The number of benzene rings is 1. The average Bonchev–Trinajstić information content (AvgIpc) is 3.32. The van der Waals surface area contributed by atoms with Crippen LogP contribution in [0.25, 0.3) is 33.9 Å². The molecule has 1 atom stereocenters. The predicted octanol–water partition coefficient (Wildman–Crippen LogP) is 4.83. The van der Waals surface area contributed by atoms with Crippen LogP contribution in [0.15, 0.2) is 42.7 Å². The van der Waals surface area contributed by atoms with E-state index in [4.69, 9.17) is 21.1 Å². The molecule has 3 aromatic heterocycles. The fraction of sp³-hybridized carbons (Fsp3) is 0.261. The van der Waals surface area contributed by atoms with Crippen LogP contribution in [-0.4, -0.2) is 30.3 Å². The van der Waals surface area contributed by atoms with Crippen LogP contribution >= 0.6 is 0 Å². The number of hydrogen-bond donors (Lipinski definition) is 4. The maximum atomic E-state index is 10.9. The molecule has 0 radical (unpaired) electrons. The summed E-state index contributed by atoms with van der Waals surface area (Å²) in [5.41, 5.74) is 10.2. The van der Waals surface area contributed by atoms with Crippen LogP contribution in [0, 0.1) is 5.41 Å². The number of hydrogen-bond acceptors (Lipinski definition) is 4. The van der Waals surface area contributed by atoms with E-state index in [2.05, 4.69) is 18.8 Å². The zero-order valence-corrected chi connectivity index (χ0v) is 17.2. The van der Waals surface area contributed by atoms with Crippen molar-refractivity contribution in [3.63, 3.8) is 0 Å². The molecule has 7 nitrogen and oxygen atoms in total. The Balaban J connectivity index is 1.89. The Bertz CT molecular complexity index is 1250. The fourth-order valence-electron chi connectivity index (χ4n) is 3.56. The van der Waals surface area contributed by atoms with Crippen LogP contribution in [0.5, 0.6) is 5.88 Å². The second-order valence-electron chi connectivity index (χ2n) is 7.55. The first-order valence-corrected chi connectivity index (χ1v) is 10.2. The molecule has 30 heavy (non-hydrogen) atoms. The van der Waals surface area contributed by atoms with Crippen molar-refractivity contribution < 1.29 is 5.11 Å². The Kier molecular flexibility index (Phi) is 5.27. The van der Waals surface area contributed by atoms with Crippen molar-refractivity contribution in [2.75, 3.05) is 0 Å². The lowest BCUT2D eigenvalue weighted by Gasteiger charge is -2.06. The summed E-state index contributed by atoms with van der Waals surface area (Å²) in [7, 11) is 0. The molecule has 0 aliphatic rings. The molecule has 1 aromatic carbocycles. The molecule has 0 saturated carbocycles. The number of H-pyrrole nitrogens is 1. The molecule has 0 saturated heterocycles. The molecule has 0 unspecified atom stereocenters. The Labute approximate surface area is 174 Å². The molecular formula is C23H26N6O. The lowest BCUT2D eigenvalue weighted by atomic mass is 10.1. The number of amidine groups is 1. The summed E-state index contributed by atoms with van der Waals surface area (Å²) >= 11 is 0. The molecule has 0 aliphatic carbocycles. The molecule has 0 spiro atoms. The Morgan fingerprint density at radius 1 is 1.33 bits per heavy atom. The van der Waals surface area contributed by atoms with Crippen molar-refractivity contribution >= 4 is 28.5 Å². The zero-order valence-electron chi connectivity index (χ0n) is 17.2. The van der Waals surface area contributed by atoms with Gasteiger partial charge in [-0.05, 0) is 25.0 Å². The van der Waals surface area contributed by atoms with Crippen LogP contribution < -0.4 is 5.73 Å². The first-order chi connectivity index (χ1) is 14.5. The number of aromatic amines is 1. The molecular weight excluding hydrogens is 376 g/mol. The highest BCUT2D eigenvalue weighted by Gasteiger charge is 2.20. The van der Waals surface area contributed by atoms with E-state index in [1.54, 1.807) is 4.40 Å². The summed E-state index contributed by atoms with van der Waals surface area (Å²) < 4.78 is 1.72. The maximum Gasteiger partial charge on any atom is 0.219 e. The van der Waals surface area contributed by atoms with Crippen molar-refractivity contribution in [3.05, 3.63) is 54.1 Å². The summed E-state index contributed by atoms with van der Waals surface area (Å²) in [5.74, 6) is 0.444. The zero-order chi connectivity index (χ0) is 21.3. The van der Waals surface area contributed by atoms with E-state index in [1.807, 2.05) is 48.8 Å². The Hall–Kier alpha value is -3.61. The van der Waals surface area contributed by atoms with E-state index in [0.29, 0.717) is 29.9 Å². The fourth-order valence-corrected chi connectivity index (χ4v) is 3.56. The molecule has 5 N–H and O–H groups in total. The second-order valence-corrected chi connectivity index (χ2v) is 7.55. The van der Waals surface area contributed by atoms with Gasteiger partial charge in [-0.25, -0.2) is 9.97 Å². The van der Waals surface area contributed by atoms with Gasteiger partial charge < -0.3 is 15.8 Å². The largest absolute Gasteiger partial charge is 0.493 e. The predicted molar refractivity (Wildman–Crippen MR) is 121 cm³/mol. The minimum absolute atomic E-state index is 0.135. The van der Waals surface area contributed by atoms with Crippen molar-refractivity contribution in [3.8, 4) is 17.1 Å². The highest BCUT2D eigenvalue weighted by Crippen LogP contribution is 2.33. The van der Waals surface area contributed by atoms with Crippen LogP contribution in [0.3, 0.4) is 0 Å². The van der Waals surface area contributed by atoms with Crippen molar-refractivity contribution in [2.24, 2.45) is 5.73 Å². The number of nitrogens with two attached hydrogens (primary N) is 1. The van der Waals surface area contributed by atoms with Gasteiger partial charge in [0.15, 0.2) is 5.65 Å². The van der Waals surface area contributed by atoms with Gasteiger partial charge in [-0.3, -0.25) is 9.81 Å². The molecule has 0 amide bonds. The van der Waals surface area contributed by atoms with E-state index in [9.17, 15) is 5.11 Å². The highest BCUT2D eigenvalue weighted by atomic mass is 16.3. The summed E-state index contributed by atoms with van der Waals surface area (Å²) in [4.78, 5) is 12.9. The van der Waals surface area contributed by atoms with E-state index >= 15 is 0 Å². The minimum atomic E-state index is 0.135. The third kappa shape index (κ3) is 3.54. The summed E-state index contributed by atoms with van der Waals surface area (Å²) in [6.45, 7) is 4.13. The molecule has 0 aliphatic heterocycles. The summed E-state index contributed by atoms with van der Waals surface area (Å²) in [6.07, 6.45) is 9.63. The van der Waals surface area contributed by atoms with Gasteiger partial charge in [0.2, 0.25) is 5.88 Å². The number of para-hydroxylation sites is 1. The molecule has 7 heteroatoms. The van der Waals surface area contributed by atoms with Gasteiger partial charge in [-0.1, -0.05) is 38.1 Å². The van der Waals surface area contributed by atoms with Gasteiger partial charge in [0.1, 0.15) is 11.4 Å². The average molecular weight is 403 g/mol. The van der Waals surface area contributed by atoms with E-state index in [-0.39, 0.29) is 17.6 Å². The Morgan fingerprint density at radius 3 is 2.90 bits per heavy atom. The van der Waals surface area contributed by atoms with Crippen LogP contribution in [0.4, 0.5) is 0 Å². The molecule has 4 aromatic rings. The molecule has 0 fully saturated rings. The van der Waals surface area contributed by atoms with E-state index < -0.39 is 0 Å². The second kappa shape index (κ2) is 8.02. The van der Waals surface area contributed by atoms with Gasteiger partial charge >= 0.3 is 0 Å². The first-order valence-electron chi connectivity index (χ1n) is 10.2. The quantitative estimate of drug-likeness (QED) is 0.262. The van der Waals surface area contributed by atoms with Crippen LogP contribution in [0.2, 0.25) is 0 Å². The van der Waals surface area contributed by atoms with Crippen LogP contribution in [0.1, 0.15) is 50.4 Å². The maximum absolute atomic E-state index is 10.9. The van der Waals surface area contributed by atoms with E-state index in [0.717, 1.165) is 28.6 Å². The third-order valence-corrected chi connectivity index (χ3v) is 5.43. The number of nitrogens with one attached hydrogen (secondary N) is 2. The number of aromatic hydroxyl groups is 1. The van der Waals surface area contributed by atoms with Crippen LogP contribution in [-0.2, 0) is 0 Å². The summed E-state index contributed by atoms with van der Waals surface area (Å²) in [5, 5.41) is 19.3. The summed E-state index contributed by atoms with van der Waals surface area (Å²) in [6, 6.07) is 8.06. The SMILES string of the molecule is CC[C@H](C)c1nc2c(/C=C/CCC(=N)N)nc(-c3c[nH]c4ccccc34)cn2c1O. The number of allylic oxidation sites excluding steroid dienone is 1. The topological polar surface area (TPSA) is 116 Å². The first kappa shape index (κ1) is 19.7. The van der Waals surface area contributed by atoms with Gasteiger partial charge in [0, 0.05) is 41.2 Å². The van der Waals surface area contributed by atoms with E-state index in [1.165, 1.54) is 0 Å². The Morgan fingerprint density at radius 2 is 2.13 bits per heavy atom. The number of nitrogens with zero attached hydrogens (tertiary/aromatic N) is 3. The van der Waals surface area contributed by atoms with Crippen molar-refractivity contribution in [2.45, 2.75) is 39.0 Å². The lowest BCUT2D eigenvalue weighted by Crippen LogP contribution is -2.07. The lowest BCUT2D eigenvalue weighted by molar-refractivity contribution is 0.435. The van der Waals surface area contributed by atoms with Gasteiger partial charge in [-0.15, -0.1) is 0 Å². The molecule has 154 valence electrons. The standard InChI is InChI=1S/C23H26N6O/c1-3-14(2)21-23(30)29-13-19(16-12-26-17-9-5-4-8-15(16)17)27-18(22(29)28-21)10-6-7-11-20(24)25/h4-6,8-10,12-14,26,30H,3,7,11H2,1-2H3,(H3,24,25)/b10-6+/t14-/m0/s1. The monoisotopic (exact) mass is 402 g/mol. The van der Waals surface area contributed by atoms with Gasteiger partial charge in [0.05, 0.1) is 11.5 Å². The highest BCUT2D eigenvalue weighted by molar-refractivity contribution is 5.94. The molecule has 0 bridgehead atoms. The third-order valence-electron chi connectivity index (χ3n) is 5.43. The smallest absolute Gasteiger partial charge is 0.219 e. The van der Waals surface area contributed by atoms with Gasteiger partial charge in [-0.2, -0.15) is 0 Å². The normalized spacial score (nSPS) is 12.9. The minimum Gasteiger partial charge on any atom is -0.493 e. The number of aromatic nitrogens is 4.